The maximum Gasteiger partial charge on any atom is 0.130 e. The van der Waals surface area contributed by atoms with Crippen molar-refractivity contribution in [3.8, 4) is 0 Å². The van der Waals surface area contributed by atoms with Crippen molar-refractivity contribution in [1.82, 2.24) is 0 Å². The van der Waals surface area contributed by atoms with Gasteiger partial charge in [0.1, 0.15) is 5.82 Å². The first-order chi connectivity index (χ1) is 6.24. The van der Waals surface area contributed by atoms with Crippen LogP contribution in [0.1, 0.15) is 17.5 Å². The van der Waals surface area contributed by atoms with Gasteiger partial charge in [-0.2, -0.15) is 0 Å². The molecule has 0 radical (unpaired) electrons. The second-order valence-electron chi connectivity index (χ2n) is 3.00. The zero-order chi connectivity index (χ0) is 9.68. The first-order valence-corrected chi connectivity index (χ1v) is 4.37. The summed E-state index contributed by atoms with van der Waals surface area (Å²) in [5, 5.41) is 0. The van der Waals surface area contributed by atoms with Gasteiger partial charge in [-0.05, 0) is 32.0 Å². The van der Waals surface area contributed by atoms with Crippen LogP contribution in [-0.4, -0.2) is 6.54 Å². The SMILES string of the molecule is Cc1ccc(F)c(/C=C/CCN)c1. The minimum absolute atomic E-state index is 0.182. The van der Waals surface area contributed by atoms with Crippen molar-refractivity contribution in [3.05, 3.63) is 41.2 Å². The average Bonchev–Trinajstić information content (AvgIpc) is 2.11. The highest BCUT2D eigenvalue weighted by Crippen LogP contribution is 2.11. The number of hydrogen-bond donors (Lipinski definition) is 1. The standard InChI is InChI=1S/C11H14FN/c1-9-5-6-11(12)10(8-9)4-2-3-7-13/h2,4-6,8H,3,7,13H2,1H3/b4-2+. The molecular weight excluding hydrogens is 165 g/mol. The highest BCUT2D eigenvalue weighted by atomic mass is 19.1. The van der Waals surface area contributed by atoms with Crippen LogP contribution in [-0.2, 0) is 0 Å². The van der Waals surface area contributed by atoms with Crippen molar-refractivity contribution < 1.29 is 4.39 Å². The zero-order valence-electron chi connectivity index (χ0n) is 7.76. The molecule has 0 fully saturated rings. The van der Waals surface area contributed by atoms with Crippen LogP contribution >= 0.6 is 0 Å². The Morgan fingerprint density at radius 2 is 2.23 bits per heavy atom. The zero-order valence-corrected chi connectivity index (χ0v) is 7.76. The lowest BCUT2D eigenvalue weighted by Gasteiger charge is -1.98. The van der Waals surface area contributed by atoms with Crippen LogP contribution in [0.3, 0.4) is 0 Å². The highest BCUT2D eigenvalue weighted by molar-refractivity contribution is 5.51. The van der Waals surface area contributed by atoms with E-state index >= 15 is 0 Å². The van der Waals surface area contributed by atoms with Gasteiger partial charge >= 0.3 is 0 Å². The Kier molecular flexibility index (Phi) is 3.65. The Bertz CT molecular complexity index is 305. The van der Waals surface area contributed by atoms with Gasteiger partial charge in [-0.15, -0.1) is 0 Å². The molecule has 2 N–H and O–H groups in total. The maximum atomic E-state index is 13.1. The van der Waals surface area contributed by atoms with Crippen molar-refractivity contribution >= 4 is 6.08 Å². The molecular formula is C11H14FN. The van der Waals surface area contributed by atoms with Gasteiger partial charge in [0.2, 0.25) is 0 Å². The number of halogens is 1. The Morgan fingerprint density at radius 1 is 1.46 bits per heavy atom. The van der Waals surface area contributed by atoms with E-state index in [-0.39, 0.29) is 5.82 Å². The lowest BCUT2D eigenvalue weighted by Crippen LogP contribution is -1.95. The topological polar surface area (TPSA) is 26.0 Å². The number of benzene rings is 1. The molecule has 1 rings (SSSR count). The highest BCUT2D eigenvalue weighted by Gasteiger charge is 1.96. The fourth-order valence-corrected chi connectivity index (χ4v) is 1.10. The average molecular weight is 179 g/mol. The summed E-state index contributed by atoms with van der Waals surface area (Å²) in [6.45, 7) is 2.55. The van der Waals surface area contributed by atoms with Gasteiger partial charge in [-0.1, -0.05) is 23.8 Å². The summed E-state index contributed by atoms with van der Waals surface area (Å²) in [6.07, 6.45) is 4.44. The molecule has 2 heteroatoms. The fourth-order valence-electron chi connectivity index (χ4n) is 1.10. The molecule has 0 atom stereocenters. The number of nitrogens with two attached hydrogens (primary N) is 1. The molecule has 0 aromatic heterocycles. The number of hydrogen-bond acceptors (Lipinski definition) is 1. The first kappa shape index (κ1) is 9.93. The summed E-state index contributed by atoms with van der Waals surface area (Å²) >= 11 is 0. The summed E-state index contributed by atoms with van der Waals surface area (Å²) in [6, 6.07) is 5.06. The molecule has 0 heterocycles. The summed E-state index contributed by atoms with van der Waals surface area (Å²) in [5.41, 5.74) is 7.01. The van der Waals surface area contributed by atoms with Crippen LogP contribution in [0.5, 0.6) is 0 Å². The van der Waals surface area contributed by atoms with E-state index in [9.17, 15) is 4.39 Å². The Hall–Kier alpha value is -1.15. The lowest BCUT2D eigenvalue weighted by atomic mass is 10.1. The van der Waals surface area contributed by atoms with E-state index in [0.717, 1.165) is 12.0 Å². The van der Waals surface area contributed by atoms with Crippen LogP contribution in [0.2, 0.25) is 0 Å². The van der Waals surface area contributed by atoms with E-state index in [1.807, 2.05) is 19.1 Å². The normalized spacial score (nSPS) is 11.0. The quantitative estimate of drug-likeness (QED) is 0.758. The second kappa shape index (κ2) is 4.77. The first-order valence-electron chi connectivity index (χ1n) is 4.37. The predicted octanol–water partition coefficient (Wildman–Crippen LogP) is 2.50. The Morgan fingerprint density at radius 3 is 2.92 bits per heavy atom. The molecule has 1 aromatic rings. The van der Waals surface area contributed by atoms with Crippen LogP contribution < -0.4 is 5.73 Å². The van der Waals surface area contributed by atoms with Crippen molar-refractivity contribution in [2.45, 2.75) is 13.3 Å². The van der Waals surface area contributed by atoms with Crippen LogP contribution in [0.4, 0.5) is 4.39 Å². The van der Waals surface area contributed by atoms with Crippen molar-refractivity contribution in [1.29, 1.82) is 0 Å². The van der Waals surface area contributed by atoms with Gasteiger partial charge in [-0.3, -0.25) is 0 Å². The molecule has 0 spiro atoms. The molecule has 1 aromatic carbocycles. The molecule has 0 aliphatic rings. The Balaban J connectivity index is 2.81. The van der Waals surface area contributed by atoms with Gasteiger partial charge in [0.05, 0.1) is 0 Å². The van der Waals surface area contributed by atoms with Crippen molar-refractivity contribution in [2.24, 2.45) is 5.73 Å². The van der Waals surface area contributed by atoms with E-state index < -0.39 is 0 Å². The van der Waals surface area contributed by atoms with Crippen molar-refractivity contribution in [3.63, 3.8) is 0 Å². The molecule has 70 valence electrons. The number of rotatable bonds is 3. The molecule has 0 bridgehead atoms. The molecule has 0 aliphatic carbocycles. The monoisotopic (exact) mass is 179 g/mol. The van der Waals surface area contributed by atoms with E-state index in [1.165, 1.54) is 6.07 Å². The third-order valence-electron chi connectivity index (χ3n) is 1.78. The summed E-state index contributed by atoms with van der Waals surface area (Å²) < 4.78 is 13.1. The second-order valence-corrected chi connectivity index (χ2v) is 3.00. The molecule has 0 aliphatic heterocycles. The Labute approximate surface area is 78.1 Å². The summed E-state index contributed by atoms with van der Waals surface area (Å²) in [7, 11) is 0. The van der Waals surface area contributed by atoms with Crippen molar-refractivity contribution in [2.75, 3.05) is 6.54 Å². The maximum absolute atomic E-state index is 13.1. The lowest BCUT2D eigenvalue weighted by molar-refractivity contribution is 0.624. The van der Waals surface area contributed by atoms with Gasteiger partial charge in [0.15, 0.2) is 0 Å². The summed E-state index contributed by atoms with van der Waals surface area (Å²) in [5.74, 6) is -0.182. The smallest absolute Gasteiger partial charge is 0.130 e. The minimum atomic E-state index is -0.182. The van der Waals surface area contributed by atoms with E-state index in [0.29, 0.717) is 12.1 Å². The molecule has 1 nitrogen and oxygen atoms in total. The van der Waals surface area contributed by atoms with E-state index in [4.69, 9.17) is 5.73 Å². The van der Waals surface area contributed by atoms with Gasteiger partial charge < -0.3 is 5.73 Å². The van der Waals surface area contributed by atoms with Gasteiger partial charge in [0.25, 0.3) is 0 Å². The predicted molar refractivity (Wildman–Crippen MR) is 53.8 cm³/mol. The molecule has 0 unspecified atom stereocenters. The van der Waals surface area contributed by atoms with Gasteiger partial charge in [-0.25, -0.2) is 4.39 Å². The molecule has 0 amide bonds. The van der Waals surface area contributed by atoms with Crippen LogP contribution in [0, 0.1) is 12.7 Å². The largest absolute Gasteiger partial charge is 0.330 e. The van der Waals surface area contributed by atoms with E-state index in [1.54, 1.807) is 12.1 Å². The van der Waals surface area contributed by atoms with E-state index in [2.05, 4.69) is 0 Å². The van der Waals surface area contributed by atoms with Crippen LogP contribution in [0.25, 0.3) is 6.08 Å². The minimum Gasteiger partial charge on any atom is -0.330 e. The summed E-state index contributed by atoms with van der Waals surface area (Å²) in [4.78, 5) is 0. The molecule has 0 saturated carbocycles. The third-order valence-corrected chi connectivity index (χ3v) is 1.78. The van der Waals surface area contributed by atoms with Gasteiger partial charge in [0, 0.05) is 5.56 Å². The fraction of sp³-hybridized carbons (Fsp3) is 0.273. The molecule has 13 heavy (non-hydrogen) atoms. The molecule has 0 saturated heterocycles. The number of aryl methyl sites for hydroxylation is 1. The third kappa shape index (κ3) is 2.99. The van der Waals surface area contributed by atoms with Crippen LogP contribution in [0.15, 0.2) is 24.3 Å².